The zero-order chi connectivity index (χ0) is 22.9. The van der Waals surface area contributed by atoms with Crippen molar-refractivity contribution in [3.63, 3.8) is 0 Å². The first-order valence-electron chi connectivity index (χ1n) is 10.2. The molecule has 7 nitrogen and oxygen atoms in total. The number of hydrogen-bond acceptors (Lipinski definition) is 8. The van der Waals surface area contributed by atoms with E-state index in [4.69, 9.17) is 0 Å². The van der Waals surface area contributed by atoms with Crippen LogP contribution in [0.4, 0.5) is 16.5 Å². The maximum absolute atomic E-state index is 12.7. The van der Waals surface area contributed by atoms with Gasteiger partial charge in [-0.25, -0.2) is 8.42 Å². The Bertz CT molecular complexity index is 1270. The Morgan fingerprint density at radius 3 is 2.72 bits per heavy atom. The van der Waals surface area contributed by atoms with Crippen molar-refractivity contribution in [2.45, 2.75) is 31.5 Å². The van der Waals surface area contributed by atoms with Crippen molar-refractivity contribution in [2.75, 3.05) is 27.7 Å². The Labute approximate surface area is 196 Å². The topological polar surface area (TPSA) is 92.3 Å². The number of nitrogens with one attached hydrogen (secondary N) is 1. The van der Waals surface area contributed by atoms with Crippen LogP contribution >= 0.6 is 23.1 Å². The van der Waals surface area contributed by atoms with E-state index < -0.39 is 10.0 Å². The molecule has 1 aromatic heterocycles. The molecule has 0 aliphatic carbocycles. The molecule has 2 aromatic carbocycles. The van der Waals surface area contributed by atoms with E-state index in [2.05, 4.69) is 41.5 Å². The first kappa shape index (κ1) is 22.8. The molecular weight excluding hydrogens is 464 g/mol. The number of aromatic nitrogens is 2. The number of benzene rings is 2. The second-order valence-corrected chi connectivity index (χ2v) is 12.0. The molecule has 0 unspecified atom stereocenters. The summed E-state index contributed by atoms with van der Waals surface area (Å²) in [5, 5.41) is 12.3. The molecule has 0 amide bonds. The second kappa shape index (κ2) is 9.21. The van der Waals surface area contributed by atoms with E-state index in [9.17, 15) is 13.2 Å². The van der Waals surface area contributed by atoms with Gasteiger partial charge >= 0.3 is 0 Å². The van der Waals surface area contributed by atoms with Crippen LogP contribution in [0, 0.1) is 13.8 Å². The monoisotopic (exact) mass is 488 g/mol. The summed E-state index contributed by atoms with van der Waals surface area (Å²) in [5.41, 5.74) is 5.55. The molecule has 32 heavy (non-hydrogen) atoms. The number of carbonyl (C=O) groups is 1. The summed E-state index contributed by atoms with van der Waals surface area (Å²) < 4.78 is 26.6. The minimum absolute atomic E-state index is 0.0199. The molecule has 168 valence electrons. The lowest BCUT2D eigenvalue weighted by atomic mass is 10.1. The number of Topliss-reactive ketones (excluding diaryl/α,β-unsaturated/α-hetero) is 1. The Balaban J connectivity index is 1.38. The average Bonchev–Trinajstić information content (AvgIpc) is 3.41. The van der Waals surface area contributed by atoms with Crippen molar-refractivity contribution in [1.29, 1.82) is 0 Å². The molecule has 0 bridgehead atoms. The molecule has 0 saturated carbocycles. The molecule has 0 atom stereocenters. The number of hydrogen-bond donors (Lipinski definition) is 1. The molecule has 1 N–H and O–H groups in total. The molecule has 0 radical (unpaired) electrons. The van der Waals surface area contributed by atoms with Gasteiger partial charge in [0.25, 0.3) is 0 Å². The molecular formula is C22H24N4O3S3. The van der Waals surface area contributed by atoms with Gasteiger partial charge in [0.05, 0.1) is 17.2 Å². The third-order valence-corrected chi connectivity index (χ3v) is 9.20. The number of ketones is 1. The highest BCUT2D eigenvalue weighted by molar-refractivity contribution is 8.01. The zero-order valence-electron chi connectivity index (χ0n) is 18.1. The van der Waals surface area contributed by atoms with E-state index in [1.165, 1.54) is 38.5 Å². The van der Waals surface area contributed by atoms with Gasteiger partial charge in [0.15, 0.2) is 10.1 Å². The number of nitrogens with zero attached hydrogens (tertiary/aromatic N) is 3. The molecule has 0 spiro atoms. The maximum atomic E-state index is 12.7. The Morgan fingerprint density at radius 2 is 1.97 bits per heavy atom. The van der Waals surface area contributed by atoms with E-state index in [0.717, 1.165) is 11.3 Å². The van der Waals surface area contributed by atoms with Crippen LogP contribution in [0.3, 0.4) is 0 Å². The highest BCUT2D eigenvalue weighted by atomic mass is 32.2. The van der Waals surface area contributed by atoms with Crippen molar-refractivity contribution in [2.24, 2.45) is 0 Å². The van der Waals surface area contributed by atoms with Crippen molar-refractivity contribution in [3.05, 3.63) is 58.7 Å². The van der Waals surface area contributed by atoms with Gasteiger partial charge < -0.3 is 5.32 Å². The lowest BCUT2D eigenvalue weighted by Crippen LogP contribution is -2.30. The maximum Gasteiger partial charge on any atom is 0.234 e. The molecule has 4 rings (SSSR count). The lowest BCUT2D eigenvalue weighted by Gasteiger charge is -2.18. The van der Waals surface area contributed by atoms with E-state index in [0.29, 0.717) is 33.7 Å². The molecule has 2 heterocycles. The highest BCUT2D eigenvalue weighted by Gasteiger charge is 2.28. The summed E-state index contributed by atoms with van der Waals surface area (Å²) >= 11 is 2.76. The predicted octanol–water partition coefficient (Wildman–Crippen LogP) is 4.59. The second-order valence-electron chi connectivity index (χ2n) is 7.58. The normalized spacial score (nSPS) is 13.3. The minimum atomic E-state index is -3.29. The number of anilines is 3. The Morgan fingerprint density at radius 1 is 1.16 bits per heavy atom. The molecule has 1 aliphatic heterocycles. The van der Waals surface area contributed by atoms with Crippen LogP contribution in [-0.4, -0.2) is 42.4 Å². The van der Waals surface area contributed by atoms with Crippen LogP contribution in [0.15, 0.2) is 40.7 Å². The minimum Gasteiger partial charge on any atom is -0.330 e. The van der Waals surface area contributed by atoms with Crippen LogP contribution in [0.5, 0.6) is 0 Å². The van der Waals surface area contributed by atoms with Crippen LogP contribution in [-0.2, 0) is 16.4 Å². The summed E-state index contributed by atoms with van der Waals surface area (Å²) in [6.07, 6.45) is 0.618. The first-order valence-corrected chi connectivity index (χ1v) is 13.6. The van der Waals surface area contributed by atoms with E-state index in [-0.39, 0.29) is 17.3 Å². The quantitative estimate of drug-likeness (QED) is 0.366. The van der Waals surface area contributed by atoms with Crippen molar-refractivity contribution < 1.29 is 13.2 Å². The molecule has 3 aromatic rings. The van der Waals surface area contributed by atoms with Gasteiger partial charge in [-0.1, -0.05) is 29.2 Å². The van der Waals surface area contributed by atoms with Crippen molar-refractivity contribution in [3.8, 4) is 0 Å². The van der Waals surface area contributed by atoms with E-state index >= 15 is 0 Å². The van der Waals surface area contributed by atoms with Gasteiger partial charge in [0.1, 0.15) is 0 Å². The third-order valence-electron chi connectivity index (χ3n) is 5.45. The van der Waals surface area contributed by atoms with Gasteiger partial charge in [0.2, 0.25) is 15.2 Å². The van der Waals surface area contributed by atoms with Gasteiger partial charge in [-0.3, -0.25) is 9.10 Å². The van der Waals surface area contributed by atoms with Gasteiger partial charge in [-0.2, -0.15) is 0 Å². The summed E-state index contributed by atoms with van der Waals surface area (Å²) in [7, 11) is -3.29. The fourth-order valence-corrected chi connectivity index (χ4v) is 6.29. The smallest absolute Gasteiger partial charge is 0.234 e. The van der Waals surface area contributed by atoms with Gasteiger partial charge in [-0.15, -0.1) is 10.2 Å². The van der Waals surface area contributed by atoms with Gasteiger partial charge in [0, 0.05) is 17.8 Å². The average molecular weight is 489 g/mol. The first-order chi connectivity index (χ1) is 15.3. The van der Waals surface area contributed by atoms with Crippen molar-refractivity contribution in [1.82, 2.24) is 10.2 Å². The Hall–Kier alpha value is -2.43. The van der Waals surface area contributed by atoms with Crippen LogP contribution in [0.25, 0.3) is 0 Å². The summed E-state index contributed by atoms with van der Waals surface area (Å²) in [6.45, 7) is 6.20. The molecule has 1 aliphatic rings. The third kappa shape index (κ3) is 4.82. The summed E-state index contributed by atoms with van der Waals surface area (Å²) in [4.78, 5) is 12.7. The fraction of sp³-hybridized carbons (Fsp3) is 0.318. The molecule has 0 fully saturated rings. The SMILES string of the molecule is CCS(=O)(=O)N1CCc2cc(C(=O)CSc3nnc(Nc4ccc(C)c(C)c4)s3)ccc21. The number of carbonyl (C=O) groups excluding carboxylic acids is 1. The summed E-state index contributed by atoms with van der Waals surface area (Å²) in [5.74, 6) is 0.286. The molecule has 0 saturated heterocycles. The van der Waals surface area contributed by atoms with Crippen LogP contribution in [0.1, 0.15) is 34.0 Å². The predicted molar refractivity (Wildman–Crippen MR) is 131 cm³/mol. The van der Waals surface area contributed by atoms with E-state index in [1.54, 1.807) is 19.1 Å². The fourth-order valence-electron chi connectivity index (χ4n) is 3.46. The number of rotatable bonds is 8. The van der Waals surface area contributed by atoms with Crippen LogP contribution < -0.4 is 9.62 Å². The number of aryl methyl sites for hydroxylation is 2. The lowest BCUT2D eigenvalue weighted by molar-refractivity contribution is 0.102. The van der Waals surface area contributed by atoms with Gasteiger partial charge in [-0.05, 0) is 74.2 Å². The highest BCUT2D eigenvalue weighted by Crippen LogP contribution is 2.32. The van der Waals surface area contributed by atoms with E-state index in [1.807, 2.05) is 12.1 Å². The Kier molecular flexibility index (Phi) is 6.55. The number of sulfonamides is 1. The number of fused-ring (bicyclic) bond motifs is 1. The van der Waals surface area contributed by atoms with Crippen LogP contribution in [0.2, 0.25) is 0 Å². The van der Waals surface area contributed by atoms with Crippen molar-refractivity contribution >= 4 is 55.4 Å². The zero-order valence-corrected chi connectivity index (χ0v) is 20.5. The standard InChI is InChI=1S/C22H24N4O3S3/c1-4-32(28,29)26-10-9-16-12-17(6-8-19(16)26)20(27)13-30-22-25-24-21(31-22)23-18-7-5-14(2)15(3)11-18/h5-8,11-12H,4,9-10,13H2,1-3H3,(H,23,24). The largest absolute Gasteiger partial charge is 0.330 e. The number of thioether (sulfide) groups is 1. The summed E-state index contributed by atoms with van der Waals surface area (Å²) in [6, 6.07) is 11.4. The molecule has 10 heteroatoms.